The van der Waals surface area contributed by atoms with Gasteiger partial charge in [-0.25, -0.2) is 9.37 Å². The monoisotopic (exact) mass is 510 g/mol. The highest BCUT2D eigenvalue weighted by Crippen LogP contribution is 2.43. The summed E-state index contributed by atoms with van der Waals surface area (Å²) in [7, 11) is 3.53. The number of methoxy groups -OCH3 is 1. The summed E-state index contributed by atoms with van der Waals surface area (Å²) >= 11 is 0. The van der Waals surface area contributed by atoms with Crippen molar-refractivity contribution in [3.05, 3.63) is 108 Å². The van der Waals surface area contributed by atoms with Crippen molar-refractivity contribution < 1.29 is 18.7 Å². The lowest BCUT2D eigenvalue weighted by Crippen LogP contribution is -2.14. The Morgan fingerprint density at radius 1 is 1.11 bits per heavy atom. The van der Waals surface area contributed by atoms with Gasteiger partial charge in [0.25, 0.3) is 0 Å². The van der Waals surface area contributed by atoms with Gasteiger partial charge in [-0.2, -0.15) is 0 Å². The van der Waals surface area contributed by atoms with Crippen LogP contribution in [0.5, 0.6) is 11.5 Å². The molecule has 0 spiro atoms. The van der Waals surface area contributed by atoms with Crippen LogP contribution < -0.4 is 14.8 Å². The van der Waals surface area contributed by atoms with Crippen LogP contribution >= 0.6 is 0 Å². The molecular formula is C30H27FN4O3. The highest BCUT2D eigenvalue weighted by molar-refractivity contribution is 6.06. The molecule has 0 saturated carbocycles. The highest BCUT2D eigenvalue weighted by atomic mass is 19.1. The summed E-state index contributed by atoms with van der Waals surface area (Å²) in [6.45, 7) is 0.823. The highest BCUT2D eigenvalue weighted by Gasteiger charge is 2.28. The molecule has 1 amide bonds. The molecule has 2 aromatic heterocycles. The molecule has 0 fully saturated rings. The van der Waals surface area contributed by atoms with Gasteiger partial charge in [-0.1, -0.05) is 24.3 Å². The van der Waals surface area contributed by atoms with Gasteiger partial charge in [0.15, 0.2) is 11.5 Å². The smallest absolute Gasteiger partial charge is 0.225 e. The Balaban J connectivity index is 1.39. The predicted octanol–water partition coefficient (Wildman–Crippen LogP) is 5.62. The maximum absolute atomic E-state index is 13.9. The number of anilines is 1. The van der Waals surface area contributed by atoms with Gasteiger partial charge in [0.05, 0.1) is 18.3 Å². The van der Waals surface area contributed by atoms with Gasteiger partial charge in [0.1, 0.15) is 18.2 Å². The third kappa shape index (κ3) is 4.38. The lowest BCUT2D eigenvalue weighted by molar-refractivity contribution is -0.116. The van der Waals surface area contributed by atoms with Crippen LogP contribution in [0.15, 0.2) is 79.3 Å². The maximum atomic E-state index is 13.9. The summed E-state index contributed by atoms with van der Waals surface area (Å²) in [6.07, 6.45) is 5.97. The van der Waals surface area contributed by atoms with Crippen LogP contribution in [0.1, 0.15) is 34.9 Å². The molecule has 8 heteroatoms. The van der Waals surface area contributed by atoms with E-state index in [2.05, 4.69) is 21.1 Å². The molecule has 3 heterocycles. The van der Waals surface area contributed by atoms with Crippen molar-refractivity contribution in [1.82, 2.24) is 14.1 Å². The summed E-state index contributed by atoms with van der Waals surface area (Å²) in [5.74, 6) is 1.48. The molecule has 5 aromatic rings. The van der Waals surface area contributed by atoms with Crippen LogP contribution in [0.4, 0.5) is 10.1 Å². The molecule has 1 N–H and O–H groups in total. The number of hydrogen-bond donors (Lipinski definition) is 1. The number of carbonyl (C=O) groups is 1. The summed E-state index contributed by atoms with van der Waals surface area (Å²) in [6, 6.07) is 18.3. The minimum atomic E-state index is -0.261. The van der Waals surface area contributed by atoms with Crippen molar-refractivity contribution in [2.24, 2.45) is 7.05 Å². The Kier molecular flexibility index (Phi) is 6.07. The van der Waals surface area contributed by atoms with Gasteiger partial charge < -0.3 is 23.9 Å². The number of ether oxygens (including phenoxy) is 2. The molecule has 192 valence electrons. The van der Waals surface area contributed by atoms with Crippen LogP contribution in [0, 0.1) is 5.82 Å². The predicted molar refractivity (Wildman–Crippen MR) is 143 cm³/mol. The summed E-state index contributed by atoms with van der Waals surface area (Å²) in [5.41, 5.74) is 4.62. The van der Waals surface area contributed by atoms with E-state index in [1.807, 2.05) is 60.3 Å². The number of hydrogen-bond acceptors (Lipinski definition) is 4. The first kappa shape index (κ1) is 23.8. The molecule has 7 nitrogen and oxygen atoms in total. The van der Waals surface area contributed by atoms with Gasteiger partial charge in [-0.05, 0) is 53.1 Å². The van der Waals surface area contributed by atoms with Gasteiger partial charge in [0, 0.05) is 49.9 Å². The summed E-state index contributed by atoms with van der Waals surface area (Å²) in [4.78, 5) is 17.3. The van der Waals surface area contributed by atoms with E-state index in [-0.39, 0.29) is 24.1 Å². The average Bonchev–Trinajstić information content (AvgIpc) is 3.45. The fraction of sp³-hybridized carbons (Fsp3) is 0.200. The fourth-order valence-corrected chi connectivity index (χ4v) is 5.21. The lowest BCUT2D eigenvalue weighted by atomic mass is 9.88. The largest absolute Gasteiger partial charge is 0.493 e. The maximum Gasteiger partial charge on any atom is 0.225 e. The first-order chi connectivity index (χ1) is 18.5. The molecule has 38 heavy (non-hydrogen) atoms. The number of rotatable bonds is 7. The van der Waals surface area contributed by atoms with E-state index in [0.29, 0.717) is 24.7 Å². The van der Waals surface area contributed by atoms with Gasteiger partial charge >= 0.3 is 0 Å². The molecule has 0 unspecified atom stereocenters. The van der Waals surface area contributed by atoms with Crippen LogP contribution in [0.25, 0.3) is 10.9 Å². The zero-order chi connectivity index (χ0) is 26.2. The third-order valence-corrected chi connectivity index (χ3v) is 7.08. The number of imidazole rings is 1. The normalized spacial score (nSPS) is 14.8. The molecule has 1 atom stereocenters. The van der Waals surface area contributed by atoms with E-state index in [1.54, 1.807) is 25.4 Å². The quantitative estimate of drug-likeness (QED) is 0.308. The molecular weight excluding hydrogens is 483 g/mol. The number of carbonyl (C=O) groups excluding carboxylic acids is 1. The average molecular weight is 511 g/mol. The number of amides is 1. The Labute approximate surface area is 219 Å². The van der Waals surface area contributed by atoms with Gasteiger partial charge in [0.2, 0.25) is 5.91 Å². The van der Waals surface area contributed by atoms with Crippen molar-refractivity contribution in [1.29, 1.82) is 0 Å². The number of nitrogens with one attached hydrogen (secondary N) is 1. The van der Waals surface area contributed by atoms with Crippen molar-refractivity contribution in [3.8, 4) is 11.5 Å². The number of nitrogens with zero attached hydrogens (tertiary/aromatic N) is 3. The number of aromatic nitrogens is 3. The van der Waals surface area contributed by atoms with Gasteiger partial charge in [-0.15, -0.1) is 0 Å². The van der Waals surface area contributed by atoms with E-state index in [9.17, 15) is 9.18 Å². The van der Waals surface area contributed by atoms with E-state index in [1.165, 1.54) is 6.07 Å². The molecule has 0 bridgehead atoms. The Bertz CT molecular complexity index is 1650. The minimum Gasteiger partial charge on any atom is -0.493 e. The standard InChI is InChI=1S/C30H27FN4O3/c1-34-12-11-32-28(34)18-38-26-10-9-20(14-27(26)37-2)22-15-29(36)33-24-7-4-8-25-30(24)23(22)17-35(25)16-19-5-3-6-21(31)13-19/h3-14,17,22H,15-16,18H2,1-2H3,(H,33,36)/t22-/m1/s1. The Morgan fingerprint density at radius 3 is 2.76 bits per heavy atom. The molecule has 0 radical (unpaired) electrons. The first-order valence-electron chi connectivity index (χ1n) is 12.4. The second-order valence-electron chi connectivity index (χ2n) is 9.50. The molecule has 0 saturated heterocycles. The fourth-order valence-electron chi connectivity index (χ4n) is 5.21. The van der Waals surface area contributed by atoms with Crippen molar-refractivity contribution >= 4 is 22.5 Å². The molecule has 3 aromatic carbocycles. The van der Waals surface area contributed by atoms with Crippen LogP contribution in [0.3, 0.4) is 0 Å². The number of halogens is 1. The van der Waals surface area contributed by atoms with Gasteiger partial charge in [-0.3, -0.25) is 4.79 Å². The number of benzene rings is 3. The third-order valence-electron chi connectivity index (χ3n) is 7.08. The molecule has 1 aliphatic rings. The molecule has 0 aliphatic carbocycles. The molecule has 6 rings (SSSR count). The summed E-state index contributed by atoms with van der Waals surface area (Å²) in [5, 5.41) is 4.07. The van der Waals surface area contributed by atoms with Crippen molar-refractivity contribution in [3.63, 3.8) is 0 Å². The van der Waals surface area contributed by atoms with Crippen molar-refractivity contribution in [2.75, 3.05) is 12.4 Å². The SMILES string of the molecule is COc1cc([C@H]2CC(=O)Nc3cccc4c3c2cn4Cc2cccc(F)c2)ccc1OCc1nccn1C. The second-order valence-corrected chi connectivity index (χ2v) is 9.50. The van der Waals surface area contributed by atoms with Crippen LogP contribution in [0.2, 0.25) is 0 Å². The first-order valence-corrected chi connectivity index (χ1v) is 12.4. The van der Waals surface area contributed by atoms with Crippen LogP contribution in [-0.4, -0.2) is 27.1 Å². The second kappa shape index (κ2) is 9.70. The zero-order valence-electron chi connectivity index (χ0n) is 21.1. The summed E-state index contributed by atoms with van der Waals surface area (Å²) < 4.78 is 29.6. The zero-order valence-corrected chi connectivity index (χ0v) is 21.1. The number of aryl methyl sites for hydroxylation is 1. The Hall–Kier alpha value is -4.59. The van der Waals surface area contributed by atoms with Crippen LogP contribution in [-0.2, 0) is 25.0 Å². The van der Waals surface area contributed by atoms with Crippen molar-refractivity contribution in [2.45, 2.75) is 25.5 Å². The van der Waals surface area contributed by atoms with E-state index >= 15 is 0 Å². The van der Waals surface area contributed by atoms with E-state index < -0.39 is 0 Å². The lowest BCUT2D eigenvalue weighted by Gasteiger charge is -2.17. The minimum absolute atomic E-state index is 0.0514. The topological polar surface area (TPSA) is 70.3 Å². The molecule has 1 aliphatic heterocycles. The van der Waals surface area contributed by atoms with E-state index in [0.717, 1.165) is 39.1 Å². The Morgan fingerprint density at radius 2 is 1.97 bits per heavy atom. The van der Waals surface area contributed by atoms with E-state index in [4.69, 9.17) is 9.47 Å².